The highest BCUT2D eigenvalue weighted by atomic mass is 16.7. The number of ether oxygens (including phenoxy) is 4. The molecule has 0 atom stereocenters. The summed E-state index contributed by atoms with van der Waals surface area (Å²) in [4.78, 5) is 13.9. The molecule has 0 aromatic heterocycles. The van der Waals surface area contributed by atoms with Gasteiger partial charge in [-0.05, 0) is 109 Å². The largest absolute Gasteiger partial charge is 0.510 e. The summed E-state index contributed by atoms with van der Waals surface area (Å²) in [6.45, 7) is 13.2. The Hall–Kier alpha value is -2.69. The number of methoxy groups -OCH3 is 2. The minimum Gasteiger partial charge on any atom is -0.497 e. The van der Waals surface area contributed by atoms with E-state index in [1.807, 2.05) is 12.1 Å². The second-order valence-corrected chi connectivity index (χ2v) is 14.0. The fraction of sp³-hybridized carbons (Fsp3) is 0.629. The Balaban J connectivity index is 1.71. The predicted octanol–water partition coefficient (Wildman–Crippen LogP) is 9.47. The first-order chi connectivity index (χ1) is 18.8. The molecular weight excluding hydrogens is 500 g/mol. The molecule has 40 heavy (non-hydrogen) atoms. The Bertz CT molecular complexity index is 1080. The minimum absolute atomic E-state index is 0.0665. The average molecular weight is 551 g/mol. The summed E-state index contributed by atoms with van der Waals surface area (Å²) in [6.07, 6.45) is 8.83. The second-order valence-electron chi connectivity index (χ2n) is 14.0. The zero-order chi connectivity index (χ0) is 29.2. The van der Waals surface area contributed by atoms with Gasteiger partial charge in [0.25, 0.3) is 0 Å². The molecule has 0 saturated heterocycles. The number of rotatable bonds is 6. The molecule has 2 aliphatic carbocycles. The standard InChI is InChI=1S/C35H50O5/c1-32(2,3)25-19-27(23-29(21-25)37-7)34(15-11-9-12-16-34)39-31(36)40-35(17-13-10-14-18-35)28-20-26(33(4,5)6)22-30(24-28)38-8/h19-24H,9-18H2,1-8H3. The highest BCUT2D eigenvalue weighted by molar-refractivity contribution is 5.63. The quantitative estimate of drug-likeness (QED) is 0.335. The third-order valence-corrected chi connectivity index (χ3v) is 8.95. The van der Waals surface area contributed by atoms with Crippen LogP contribution in [0.2, 0.25) is 0 Å². The van der Waals surface area contributed by atoms with Crippen LogP contribution in [-0.4, -0.2) is 20.4 Å². The lowest BCUT2D eigenvalue weighted by Crippen LogP contribution is -2.40. The summed E-state index contributed by atoms with van der Waals surface area (Å²) in [5.41, 5.74) is 2.74. The fourth-order valence-corrected chi connectivity index (χ4v) is 6.31. The highest BCUT2D eigenvalue weighted by Gasteiger charge is 2.44. The molecule has 0 heterocycles. The van der Waals surface area contributed by atoms with E-state index in [4.69, 9.17) is 18.9 Å². The topological polar surface area (TPSA) is 54.0 Å². The molecule has 0 unspecified atom stereocenters. The van der Waals surface area contributed by atoms with Gasteiger partial charge in [0.2, 0.25) is 0 Å². The van der Waals surface area contributed by atoms with Crippen molar-refractivity contribution in [2.75, 3.05) is 14.2 Å². The maximum absolute atomic E-state index is 13.9. The molecule has 0 amide bonds. The zero-order valence-corrected chi connectivity index (χ0v) is 26.1. The van der Waals surface area contributed by atoms with Crippen LogP contribution in [0.5, 0.6) is 11.5 Å². The molecule has 4 rings (SSSR count). The fourth-order valence-electron chi connectivity index (χ4n) is 6.31. The molecule has 0 spiro atoms. The van der Waals surface area contributed by atoms with Crippen LogP contribution in [0.25, 0.3) is 0 Å². The molecule has 5 nitrogen and oxygen atoms in total. The molecule has 220 valence electrons. The summed E-state index contributed by atoms with van der Waals surface area (Å²) in [5.74, 6) is 1.58. The number of hydrogen-bond donors (Lipinski definition) is 0. The van der Waals surface area contributed by atoms with Crippen molar-refractivity contribution in [3.63, 3.8) is 0 Å². The monoisotopic (exact) mass is 550 g/mol. The number of carbonyl (C=O) groups is 1. The molecule has 0 aliphatic heterocycles. The van der Waals surface area contributed by atoms with Gasteiger partial charge in [-0.3, -0.25) is 0 Å². The van der Waals surface area contributed by atoms with Gasteiger partial charge < -0.3 is 18.9 Å². The lowest BCUT2D eigenvalue weighted by molar-refractivity contribution is -0.109. The highest BCUT2D eigenvalue weighted by Crippen LogP contribution is 2.47. The van der Waals surface area contributed by atoms with E-state index in [1.165, 1.54) is 11.1 Å². The van der Waals surface area contributed by atoms with Gasteiger partial charge in [0.05, 0.1) is 14.2 Å². The summed E-state index contributed by atoms with van der Waals surface area (Å²) in [6, 6.07) is 12.7. The Morgan fingerprint density at radius 1 is 0.575 bits per heavy atom. The molecule has 5 heteroatoms. The molecule has 2 aliphatic rings. The van der Waals surface area contributed by atoms with Crippen molar-refractivity contribution in [1.29, 1.82) is 0 Å². The van der Waals surface area contributed by atoms with E-state index in [0.29, 0.717) is 0 Å². The lowest BCUT2D eigenvalue weighted by atomic mass is 9.76. The van der Waals surface area contributed by atoms with Crippen molar-refractivity contribution in [2.24, 2.45) is 0 Å². The van der Waals surface area contributed by atoms with E-state index in [0.717, 1.165) is 86.8 Å². The van der Waals surface area contributed by atoms with E-state index < -0.39 is 17.4 Å². The normalized spacial score (nSPS) is 19.0. The van der Waals surface area contributed by atoms with Crippen molar-refractivity contribution in [2.45, 2.75) is 128 Å². The third-order valence-electron chi connectivity index (χ3n) is 8.95. The molecule has 2 fully saturated rings. The number of carbonyl (C=O) groups excluding carboxylic acids is 1. The van der Waals surface area contributed by atoms with Crippen LogP contribution in [0.4, 0.5) is 4.79 Å². The molecule has 0 bridgehead atoms. The number of hydrogen-bond acceptors (Lipinski definition) is 5. The van der Waals surface area contributed by atoms with Gasteiger partial charge in [0, 0.05) is 0 Å². The van der Waals surface area contributed by atoms with Crippen LogP contribution in [-0.2, 0) is 31.5 Å². The van der Waals surface area contributed by atoms with Crippen molar-refractivity contribution in [3.8, 4) is 11.5 Å². The lowest BCUT2D eigenvalue weighted by Gasteiger charge is -2.41. The van der Waals surface area contributed by atoms with Crippen molar-refractivity contribution < 1.29 is 23.7 Å². The van der Waals surface area contributed by atoms with Crippen molar-refractivity contribution >= 4 is 6.16 Å². The van der Waals surface area contributed by atoms with Gasteiger partial charge in [-0.15, -0.1) is 0 Å². The summed E-state index contributed by atoms with van der Waals surface area (Å²) in [5, 5.41) is 0. The predicted molar refractivity (Wildman–Crippen MR) is 160 cm³/mol. The molecular formula is C35H50O5. The number of benzene rings is 2. The van der Waals surface area contributed by atoms with E-state index in [-0.39, 0.29) is 10.8 Å². The van der Waals surface area contributed by atoms with Crippen LogP contribution in [0, 0.1) is 0 Å². The van der Waals surface area contributed by atoms with Gasteiger partial charge in [-0.25, -0.2) is 4.79 Å². The van der Waals surface area contributed by atoms with Crippen molar-refractivity contribution in [3.05, 3.63) is 58.7 Å². The van der Waals surface area contributed by atoms with Gasteiger partial charge in [0.1, 0.15) is 22.7 Å². The van der Waals surface area contributed by atoms with E-state index >= 15 is 0 Å². The first-order valence-electron chi connectivity index (χ1n) is 15.1. The van der Waals surface area contributed by atoms with Gasteiger partial charge in [-0.1, -0.05) is 66.5 Å². The average Bonchev–Trinajstić information content (AvgIpc) is 2.92. The van der Waals surface area contributed by atoms with E-state index in [1.54, 1.807) is 14.2 Å². The van der Waals surface area contributed by atoms with Gasteiger partial charge in [-0.2, -0.15) is 0 Å². The molecule has 2 aromatic carbocycles. The smallest absolute Gasteiger partial charge is 0.497 e. The zero-order valence-electron chi connectivity index (χ0n) is 26.1. The SMILES string of the molecule is COc1cc(C(C)(C)C)cc(C2(OC(=O)OC3(c4cc(OC)cc(C(C)(C)C)c4)CCCCC3)CCCCC2)c1. The summed E-state index contributed by atoms with van der Waals surface area (Å²) < 4.78 is 24.4. The molecule has 0 radical (unpaired) electrons. The van der Waals surface area contributed by atoms with Crippen LogP contribution < -0.4 is 9.47 Å². The van der Waals surface area contributed by atoms with Crippen molar-refractivity contribution in [1.82, 2.24) is 0 Å². The Morgan fingerprint density at radius 3 is 1.23 bits per heavy atom. The van der Waals surface area contributed by atoms with E-state index in [2.05, 4.69) is 65.8 Å². The van der Waals surface area contributed by atoms with E-state index in [9.17, 15) is 4.79 Å². The summed E-state index contributed by atoms with van der Waals surface area (Å²) >= 11 is 0. The first kappa shape index (κ1) is 30.3. The Kier molecular flexibility index (Phi) is 8.82. The molecule has 0 N–H and O–H groups in total. The van der Waals surface area contributed by atoms with Crippen LogP contribution in [0.3, 0.4) is 0 Å². The minimum atomic E-state index is -0.731. The Morgan fingerprint density at radius 2 is 0.925 bits per heavy atom. The Labute approximate surface area is 241 Å². The molecule has 2 saturated carbocycles. The van der Waals surface area contributed by atoms with Crippen LogP contribution >= 0.6 is 0 Å². The first-order valence-corrected chi connectivity index (χ1v) is 15.1. The third kappa shape index (κ3) is 6.61. The molecule has 2 aromatic rings. The van der Waals surface area contributed by atoms with Crippen LogP contribution in [0.15, 0.2) is 36.4 Å². The van der Waals surface area contributed by atoms with Gasteiger partial charge in [0.15, 0.2) is 0 Å². The van der Waals surface area contributed by atoms with Gasteiger partial charge >= 0.3 is 6.16 Å². The maximum Gasteiger partial charge on any atom is 0.510 e. The maximum atomic E-state index is 13.9. The summed E-state index contributed by atoms with van der Waals surface area (Å²) in [7, 11) is 3.39. The van der Waals surface area contributed by atoms with Crippen LogP contribution in [0.1, 0.15) is 128 Å². The second kappa shape index (κ2) is 11.7.